The zero-order chi connectivity index (χ0) is 30.9. The molecule has 11 heteroatoms. The maximum absolute atomic E-state index is 13.0. The van der Waals surface area contributed by atoms with E-state index in [0.29, 0.717) is 34.9 Å². The fraction of sp³-hybridized carbons (Fsp3) is 0.152. The molecule has 4 aromatic carbocycles. The average molecular weight is 690 g/mol. The van der Waals surface area contributed by atoms with Crippen molar-refractivity contribution in [1.82, 2.24) is 20.2 Å². The molecule has 224 valence electrons. The van der Waals surface area contributed by atoms with Gasteiger partial charge in [0.2, 0.25) is 0 Å². The second-order valence-electron chi connectivity index (χ2n) is 9.83. The lowest BCUT2D eigenvalue weighted by atomic mass is 10.2. The molecule has 0 radical (unpaired) electrons. The van der Waals surface area contributed by atoms with Crippen molar-refractivity contribution in [2.75, 3.05) is 5.32 Å². The van der Waals surface area contributed by atoms with Crippen LogP contribution in [0.25, 0.3) is 5.69 Å². The Hall–Kier alpha value is -4.12. The number of rotatable bonds is 12. The van der Waals surface area contributed by atoms with Crippen LogP contribution in [0.5, 0.6) is 5.75 Å². The molecule has 5 rings (SSSR count). The summed E-state index contributed by atoms with van der Waals surface area (Å²) in [7, 11) is 0. The molecule has 0 aliphatic rings. The molecule has 2 N–H and O–H groups in total. The number of anilines is 1. The minimum absolute atomic E-state index is 0.266. The molecule has 5 aromatic rings. The van der Waals surface area contributed by atoms with Crippen LogP contribution in [0, 0.1) is 6.92 Å². The highest BCUT2D eigenvalue weighted by Gasteiger charge is 2.21. The first-order valence-corrected chi connectivity index (χ1v) is 15.9. The molecule has 1 heterocycles. The van der Waals surface area contributed by atoms with E-state index in [1.807, 2.05) is 115 Å². The first-order chi connectivity index (χ1) is 21.4. The normalized spacial score (nSPS) is 11.8. The lowest BCUT2D eigenvalue weighted by Crippen LogP contribution is -2.27. The largest absolute Gasteiger partial charge is 0.488 e. The molecule has 0 saturated heterocycles. The van der Waals surface area contributed by atoms with Crippen molar-refractivity contribution < 1.29 is 9.53 Å². The number of aryl methyl sites for hydroxylation is 1. The number of hydrogen-bond donors (Lipinski definition) is 2. The lowest BCUT2D eigenvalue weighted by Gasteiger charge is -2.14. The van der Waals surface area contributed by atoms with Crippen molar-refractivity contribution in [3.63, 3.8) is 0 Å². The quantitative estimate of drug-likeness (QED) is 0.0789. The van der Waals surface area contributed by atoms with Crippen molar-refractivity contribution in [1.29, 1.82) is 0 Å². The van der Waals surface area contributed by atoms with Crippen LogP contribution in [-0.4, -0.2) is 32.1 Å². The van der Waals surface area contributed by atoms with E-state index in [0.717, 1.165) is 32.5 Å². The summed E-state index contributed by atoms with van der Waals surface area (Å²) in [4.78, 5) is 13.0. The Kier molecular flexibility index (Phi) is 10.7. The third-order valence-corrected chi connectivity index (χ3v) is 8.34. The molecule has 44 heavy (non-hydrogen) atoms. The number of carbonyl (C=O) groups excluding carboxylic acids is 1. The number of para-hydroxylation sites is 2. The van der Waals surface area contributed by atoms with Gasteiger partial charge >= 0.3 is 0 Å². The van der Waals surface area contributed by atoms with Gasteiger partial charge in [-0.3, -0.25) is 9.36 Å². The number of hydrazone groups is 1. The van der Waals surface area contributed by atoms with Gasteiger partial charge in [-0.25, -0.2) is 5.43 Å². The monoisotopic (exact) mass is 688 g/mol. The minimum Gasteiger partial charge on any atom is -0.488 e. The lowest BCUT2D eigenvalue weighted by molar-refractivity contribution is -0.120. The van der Waals surface area contributed by atoms with Crippen LogP contribution < -0.4 is 15.5 Å². The van der Waals surface area contributed by atoms with E-state index < -0.39 is 5.25 Å². The van der Waals surface area contributed by atoms with E-state index in [1.54, 1.807) is 6.21 Å². The van der Waals surface area contributed by atoms with Gasteiger partial charge in [0.05, 0.1) is 18.0 Å². The predicted molar refractivity (Wildman–Crippen MR) is 181 cm³/mol. The number of thioether (sulfide) groups is 1. The van der Waals surface area contributed by atoms with Gasteiger partial charge in [-0.2, -0.15) is 5.10 Å². The Morgan fingerprint density at radius 1 is 1.05 bits per heavy atom. The number of ether oxygens (including phenoxy) is 1. The van der Waals surface area contributed by atoms with E-state index >= 15 is 0 Å². The van der Waals surface area contributed by atoms with Crippen LogP contribution in [0.3, 0.4) is 0 Å². The van der Waals surface area contributed by atoms with E-state index in [-0.39, 0.29) is 5.91 Å². The van der Waals surface area contributed by atoms with Crippen LogP contribution in [0.1, 0.15) is 29.4 Å². The number of nitrogens with one attached hydrogen (secondary N) is 2. The van der Waals surface area contributed by atoms with Gasteiger partial charge in [-0.1, -0.05) is 81.8 Å². The molecule has 1 aromatic heterocycles. The Balaban J connectivity index is 1.24. The highest BCUT2D eigenvalue weighted by atomic mass is 79.9. The van der Waals surface area contributed by atoms with Gasteiger partial charge in [0.15, 0.2) is 11.0 Å². The third-order valence-electron chi connectivity index (χ3n) is 6.57. The smallest absolute Gasteiger partial charge is 0.253 e. The van der Waals surface area contributed by atoms with Crippen LogP contribution in [0.2, 0.25) is 5.02 Å². The number of amides is 1. The first kappa shape index (κ1) is 31.3. The van der Waals surface area contributed by atoms with Crippen molar-refractivity contribution in [3.05, 3.63) is 129 Å². The Labute approximate surface area is 274 Å². The Bertz CT molecular complexity index is 1760. The third kappa shape index (κ3) is 8.28. The van der Waals surface area contributed by atoms with E-state index in [9.17, 15) is 4.79 Å². The maximum atomic E-state index is 13.0. The zero-order valence-corrected chi connectivity index (χ0v) is 27.2. The molecule has 1 amide bonds. The summed E-state index contributed by atoms with van der Waals surface area (Å²) in [5.74, 6) is 1.11. The second kappa shape index (κ2) is 15.1. The zero-order valence-electron chi connectivity index (χ0n) is 24.1. The fourth-order valence-electron chi connectivity index (χ4n) is 4.30. The molecule has 0 fully saturated rings. The SMILES string of the molecule is Cc1cc(Cl)ccc1NCc1nnc(S[C@H](C)C(=O)N/N=C/c2ccccc2OCc2cccc(Br)c2)n1-c1ccccc1. The van der Waals surface area contributed by atoms with Crippen molar-refractivity contribution in [2.45, 2.75) is 37.4 Å². The number of nitrogens with zero attached hydrogens (tertiary/aromatic N) is 4. The molecule has 0 aliphatic carbocycles. The fourth-order valence-corrected chi connectivity index (χ4v) is 5.86. The molecule has 0 bridgehead atoms. The second-order valence-corrected chi connectivity index (χ2v) is 12.5. The Morgan fingerprint density at radius 3 is 2.64 bits per heavy atom. The van der Waals surface area contributed by atoms with Gasteiger partial charge in [0.1, 0.15) is 12.4 Å². The molecule has 0 unspecified atom stereocenters. The standard InChI is InChI=1S/C33H30BrClN6O2S/c1-22-17-27(35)15-16-29(22)36-20-31-38-40-33(41(31)28-12-4-3-5-13-28)44-23(2)32(42)39-37-19-25-10-6-7-14-30(25)43-21-24-9-8-11-26(34)18-24/h3-19,23,36H,20-21H2,1-2H3,(H,39,42)/b37-19+/t23-/m1/s1. The maximum Gasteiger partial charge on any atom is 0.253 e. The molecular formula is C33H30BrClN6O2S. The van der Waals surface area contributed by atoms with Crippen LogP contribution in [0.4, 0.5) is 5.69 Å². The van der Waals surface area contributed by atoms with Crippen molar-refractivity contribution >= 4 is 57.1 Å². The van der Waals surface area contributed by atoms with Crippen molar-refractivity contribution in [2.24, 2.45) is 5.10 Å². The molecule has 1 atom stereocenters. The minimum atomic E-state index is -0.499. The van der Waals surface area contributed by atoms with Crippen LogP contribution in [0.15, 0.2) is 112 Å². The van der Waals surface area contributed by atoms with Crippen LogP contribution in [-0.2, 0) is 17.9 Å². The highest BCUT2D eigenvalue weighted by Crippen LogP contribution is 2.27. The number of benzene rings is 4. The summed E-state index contributed by atoms with van der Waals surface area (Å²) >= 11 is 10.9. The van der Waals surface area contributed by atoms with Gasteiger partial charge in [-0.05, 0) is 79.6 Å². The number of hydrogen-bond acceptors (Lipinski definition) is 7. The van der Waals surface area contributed by atoms with Gasteiger partial charge < -0.3 is 10.1 Å². The topological polar surface area (TPSA) is 93.4 Å². The summed E-state index contributed by atoms with van der Waals surface area (Å²) in [6.07, 6.45) is 1.58. The summed E-state index contributed by atoms with van der Waals surface area (Å²) in [6.45, 7) is 4.64. The van der Waals surface area contributed by atoms with Gasteiger partial charge in [0.25, 0.3) is 5.91 Å². The summed E-state index contributed by atoms with van der Waals surface area (Å²) in [5.41, 5.74) is 7.32. The average Bonchev–Trinajstić information content (AvgIpc) is 3.42. The number of halogens is 2. The predicted octanol–water partition coefficient (Wildman–Crippen LogP) is 7.81. The number of carbonyl (C=O) groups is 1. The highest BCUT2D eigenvalue weighted by molar-refractivity contribution is 9.10. The molecule has 0 spiro atoms. The van der Waals surface area contributed by atoms with Gasteiger partial charge in [-0.15, -0.1) is 10.2 Å². The van der Waals surface area contributed by atoms with E-state index in [1.165, 1.54) is 11.8 Å². The number of aromatic nitrogens is 3. The van der Waals surface area contributed by atoms with E-state index in [2.05, 4.69) is 42.0 Å². The summed E-state index contributed by atoms with van der Waals surface area (Å²) in [5, 5.41) is 17.3. The van der Waals surface area contributed by atoms with Crippen LogP contribution >= 0.6 is 39.3 Å². The Morgan fingerprint density at radius 2 is 1.84 bits per heavy atom. The molecule has 0 saturated carbocycles. The molecule has 8 nitrogen and oxygen atoms in total. The first-order valence-electron chi connectivity index (χ1n) is 13.8. The molecular weight excluding hydrogens is 660 g/mol. The summed E-state index contributed by atoms with van der Waals surface area (Å²) < 4.78 is 8.97. The summed E-state index contributed by atoms with van der Waals surface area (Å²) in [6, 6.07) is 31.0. The van der Waals surface area contributed by atoms with E-state index in [4.69, 9.17) is 16.3 Å². The molecule has 0 aliphatic heterocycles. The van der Waals surface area contributed by atoms with Crippen molar-refractivity contribution in [3.8, 4) is 11.4 Å². The van der Waals surface area contributed by atoms with Gasteiger partial charge in [0, 0.05) is 26.4 Å².